The summed E-state index contributed by atoms with van der Waals surface area (Å²) in [6, 6.07) is 10.8. The highest BCUT2D eigenvalue weighted by molar-refractivity contribution is 7.92. The molecule has 0 fully saturated rings. The summed E-state index contributed by atoms with van der Waals surface area (Å²) < 4.78 is 27.8. The molecule has 3 N–H and O–H groups in total. The van der Waals surface area contributed by atoms with Gasteiger partial charge in [0.15, 0.2) is 0 Å². The minimum Gasteiger partial charge on any atom is -0.398 e. The van der Waals surface area contributed by atoms with Crippen LogP contribution < -0.4 is 10.5 Å². The van der Waals surface area contributed by atoms with Crippen molar-refractivity contribution < 1.29 is 8.42 Å². The molecule has 0 aliphatic heterocycles. The molecule has 0 spiro atoms. The van der Waals surface area contributed by atoms with Crippen LogP contribution >= 0.6 is 0 Å². The fraction of sp³-hybridized carbons (Fsp3) is 0.250. The summed E-state index contributed by atoms with van der Waals surface area (Å²) in [5.74, 6) is 0. The Labute approximate surface area is 126 Å². The van der Waals surface area contributed by atoms with Gasteiger partial charge >= 0.3 is 0 Å². The fourth-order valence-corrected chi connectivity index (χ4v) is 3.83. The van der Waals surface area contributed by atoms with Gasteiger partial charge in [-0.3, -0.25) is 4.72 Å². The van der Waals surface area contributed by atoms with Crippen molar-refractivity contribution in [2.45, 2.75) is 32.1 Å². The number of nitrogens with one attached hydrogen (secondary N) is 1. The summed E-state index contributed by atoms with van der Waals surface area (Å²) in [5, 5.41) is 0. The Morgan fingerprint density at radius 1 is 1.05 bits per heavy atom. The molecule has 0 aromatic heterocycles. The highest BCUT2D eigenvalue weighted by Gasteiger charge is 2.20. The van der Waals surface area contributed by atoms with E-state index in [1.54, 1.807) is 38.1 Å². The van der Waals surface area contributed by atoms with Crippen LogP contribution in [0.15, 0.2) is 41.3 Å². The second-order valence-corrected chi connectivity index (χ2v) is 6.70. The molecule has 0 bridgehead atoms. The maximum absolute atomic E-state index is 12.6. The number of hydrogen-bond donors (Lipinski definition) is 2. The topological polar surface area (TPSA) is 72.2 Å². The highest BCUT2D eigenvalue weighted by Crippen LogP contribution is 2.26. The van der Waals surface area contributed by atoms with Gasteiger partial charge in [-0.05, 0) is 55.2 Å². The number of nitrogen functional groups attached to an aromatic ring is 1. The first-order valence-electron chi connectivity index (χ1n) is 6.82. The first-order chi connectivity index (χ1) is 9.85. The molecule has 2 aromatic carbocycles. The van der Waals surface area contributed by atoms with Crippen LogP contribution in [0.2, 0.25) is 0 Å². The summed E-state index contributed by atoms with van der Waals surface area (Å²) in [6.45, 7) is 5.54. The van der Waals surface area contributed by atoms with Crippen LogP contribution in [0.25, 0.3) is 0 Å². The first kappa shape index (κ1) is 15.4. The third kappa shape index (κ3) is 3.19. The number of sulfonamides is 1. The molecule has 0 aliphatic carbocycles. The van der Waals surface area contributed by atoms with Crippen molar-refractivity contribution in [3.63, 3.8) is 0 Å². The second-order valence-electron chi connectivity index (χ2n) is 5.08. The van der Waals surface area contributed by atoms with Crippen molar-refractivity contribution >= 4 is 21.4 Å². The Balaban J connectivity index is 2.41. The lowest BCUT2D eigenvalue weighted by Gasteiger charge is -2.14. The van der Waals surface area contributed by atoms with Crippen molar-refractivity contribution in [3.8, 4) is 0 Å². The largest absolute Gasteiger partial charge is 0.398 e. The molecule has 0 saturated carbocycles. The van der Waals surface area contributed by atoms with Crippen molar-refractivity contribution in [2.75, 3.05) is 10.5 Å². The molecular weight excluding hydrogens is 284 g/mol. The van der Waals surface area contributed by atoms with E-state index < -0.39 is 10.0 Å². The molecule has 2 aromatic rings. The summed E-state index contributed by atoms with van der Waals surface area (Å²) in [6.07, 6.45) is 0.917. The molecule has 0 heterocycles. The average molecular weight is 304 g/mol. The molecule has 0 saturated heterocycles. The third-order valence-corrected chi connectivity index (χ3v) is 5.20. The second kappa shape index (κ2) is 5.77. The molecule has 21 heavy (non-hydrogen) atoms. The van der Waals surface area contributed by atoms with E-state index in [0.717, 1.165) is 12.0 Å². The minimum absolute atomic E-state index is 0.252. The monoisotopic (exact) mass is 304 g/mol. The van der Waals surface area contributed by atoms with Crippen LogP contribution in [0.4, 0.5) is 11.4 Å². The predicted octanol–water partition coefficient (Wildman–Crippen LogP) is 3.25. The molecule has 0 radical (unpaired) electrons. The predicted molar refractivity (Wildman–Crippen MR) is 87.0 cm³/mol. The maximum atomic E-state index is 12.6. The lowest BCUT2D eigenvalue weighted by molar-refractivity contribution is 0.600. The molecule has 112 valence electrons. The Hall–Kier alpha value is -2.01. The normalized spacial score (nSPS) is 11.4. The molecule has 2 rings (SSSR count). The van der Waals surface area contributed by atoms with Crippen LogP contribution in [-0.4, -0.2) is 8.42 Å². The highest BCUT2D eigenvalue weighted by atomic mass is 32.2. The van der Waals surface area contributed by atoms with Gasteiger partial charge in [0.25, 0.3) is 10.0 Å². The van der Waals surface area contributed by atoms with Gasteiger partial charge in [-0.25, -0.2) is 8.42 Å². The van der Waals surface area contributed by atoms with Gasteiger partial charge in [-0.1, -0.05) is 25.1 Å². The Bertz CT molecular complexity index is 751. The zero-order valence-corrected chi connectivity index (χ0v) is 13.3. The molecule has 4 nitrogen and oxygen atoms in total. The number of aryl methyl sites for hydroxylation is 2. The minimum atomic E-state index is -3.65. The smallest absolute Gasteiger partial charge is 0.262 e. The molecular formula is C16H20N2O2S. The van der Waals surface area contributed by atoms with E-state index in [9.17, 15) is 8.42 Å². The lowest BCUT2D eigenvalue weighted by Crippen LogP contribution is -2.16. The Kier molecular flexibility index (Phi) is 4.23. The summed E-state index contributed by atoms with van der Waals surface area (Å²) in [5.41, 5.74) is 9.27. The molecule has 0 amide bonds. The Morgan fingerprint density at radius 3 is 2.24 bits per heavy atom. The van der Waals surface area contributed by atoms with Crippen molar-refractivity contribution in [1.29, 1.82) is 0 Å². The fourth-order valence-electron chi connectivity index (χ4n) is 2.27. The maximum Gasteiger partial charge on any atom is 0.262 e. The van der Waals surface area contributed by atoms with Gasteiger partial charge in [0.05, 0.1) is 4.90 Å². The average Bonchev–Trinajstić information content (AvgIpc) is 2.43. The van der Waals surface area contributed by atoms with Crippen LogP contribution in [0.1, 0.15) is 23.6 Å². The van der Waals surface area contributed by atoms with E-state index in [2.05, 4.69) is 11.6 Å². The van der Waals surface area contributed by atoms with Crippen molar-refractivity contribution in [1.82, 2.24) is 0 Å². The SMILES string of the molecule is CCc1ccc(NS(=O)(=O)c2c(C)ccc(N)c2C)cc1. The standard InChI is InChI=1S/C16H20N2O2S/c1-4-13-6-8-14(9-7-13)18-21(19,20)16-11(2)5-10-15(17)12(16)3/h5-10,18H,4,17H2,1-3H3. The zero-order chi connectivity index (χ0) is 15.6. The van der Waals surface area contributed by atoms with Crippen molar-refractivity contribution in [2.24, 2.45) is 0 Å². The quantitative estimate of drug-likeness (QED) is 0.852. The summed E-state index contributed by atoms with van der Waals surface area (Å²) in [7, 11) is -3.65. The zero-order valence-electron chi connectivity index (χ0n) is 12.5. The molecule has 0 atom stereocenters. The number of nitrogens with two attached hydrogens (primary N) is 1. The van der Waals surface area contributed by atoms with Crippen LogP contribution in [0, 0.1) is 13.8 Å². The van der Waals surface area contributed by atoms with Crippen LogP contribution in [0.5, 0.6) is 0 Å². The van der Waals surface area contributed by atoms with E-state index in [1.165, 1.54) is 0 Å². The third-order valence-electron chi connectivity index (χ3n) is 3.53. The number of hydrogen-bond acceptors (Lipinski definition) is 3. The summed E-state index contributed by atoms with van der Waals surface area (Å²) in [4.78, 5) is 0.252. The molecule has 5 heteroatoms. The Morgan fingerprint density at radius 2 is 1.67 bits per heavy atom. The van der Waals surface area contributed by atoms with Gasteiger partial charge in [0.1, 0.15) is 0 Å². The molecule has 0 aliphatic rings. The van der Waals surface area contributed by atoms with Crippen LogP contribution in [0.3, 0.4) is 0 Å². The van der Waals surface area contributed by atoms with Crippen molar-refractivity contribution in [3.05, 3.63) is 53.1 Å². The van der Waals surface area contributed by atoms with Gasteiger partial charge in [0.2, 0.25) is 0 Å². The van der Waals surface area contributed by atoms with E-state index >= 15 is 0 Å². The van der Waals surface area contributed by atoms with Gasteiger partial charge in [0, 0.05) is 11.4 Å². The van der Waals surface area contributed by atoms with Crippen LogP contribution in [-0.2, 0) is 16.4 Å². The van der Waals surface area contributed by atoms with E-state index in [1.807, 2.05) is 12.1 Å². The van der Waals surface area contributed by atoms with E-state index in [-0.39, 0.29) is 4.90 Å². The number of rotatable bonds is 4. The van der Waals surface area contributed by atoms with Gasteiger partial charge in [-0.15, -0.1) is 0 Å². The van der Waals surface area contributed by atoms with E-state index in [4.69, 9.17) is 5.73 Å². The number of anilines is 2. The summed E-state index contributed by atoms with van der Waals surface area (Å²) >= 11 is 0. The van der Waals surface area contributed by atoms with E-state index in [0.29, 0.717) is 22.5 Å². The lowest BCUT2D eigenvalue weighted by atomic mass is 10.1. The first-order valence-corrected chi connectivity index (χ1v) is 8.31. The van der Waals surface area contributed by atoms with Gasteiger partial charge < -0.3 is 5.73 Å². The van der Waals surface area contributed by atoms with Gasteiger partial charge in [-0.2, -0.15) is 0 Å². The molecule has 0 unspecified atom stereocenters. The number of benzene rings is 2.